The fourth-order valence-electron chi connectivity index (χ4n) is 2.04. The van der Waals surface area contributed by atoms with Gasteiger partial charge in [-0.05, 0) is 35.0 Å². The fourth-order valence-corrected chi connectivity index (χ4v) is 2.04. The van der Waals surface area contributed by atoms with Crippen molar-refractivity contribution in [2.24, 2.45) is 0 Å². The standard InChI is InChI=1S/C17H12O3.Na.H/c18-16-8-4-3-7-15(16)17(19)20-14-10-9-12-5-1-2-6-13(12)11-14;;/h1-11,18H;;. The first-order valence-corrected chi connectivity index (χ1v) is 6.23. The zero-order valence-electron chi connectivity index (χ0n) is 10.6. The molecule has 0 aromatic heterocycles. The average molecular weight is 288 g/mol. The molecule has 0 saturated carbocycles. The van der Waals surface area contributed by atoms with Crippen molar-refractivity contribution in [2.45, 2.75) is 0 Å². The molecule has 0 atom stereocenters. The van der Waals surface area contributed by atoms with Crippen molar-refractivity contribution in [2.75, 3.05) is 0 Å². The van der Waals surface area contributed by atoms with Crippen LogP contribution in [-0.4, -0.2) is 40.6 Å². The van der Waals surface area contributed by atoms with Gasteiger partial charge in [0.15, 0.2) is 0 Å². The van der Waals surface area contributed by atoms with Crippen LogP contribution in [0, 0.1) is 0 Å². The molecule has 0 aliphatic rings. The molecule has 3 aromatic carbocycles. The van der Waals surface area contributed by atoms with E-state index >= 15 is 0 Å². The van der Waals surface area contributed by atoms with Crippen LogP contribution in [0.25, 0.3) is 10.8 Å². The van der Waals surface area contributed by atoms with Gasteiger partial charge >= 0.3 is 35.5 Å². The van der Waals surface area contributed by atoms with Crippen LogP contribution >= 0.6 is 0 Å². The Kier molecular flexibility index (Phi) is 5.02. The topological polar surface area (TPSA) is 46.5 Å². The molecule has 0 aliphatic carbocycles. The molecule has 3 nitrogen and oxygen atoms in total. The number of ether oxygens (including phenoxy) is 1. The van der Waals surface area contributed by atoms with Gasteiger partial charge in [0, 0.05) is 0 Å². The molecule has 0 spiro atoms. The molecule has 21 heavy (non-hydrogen) atoms. The van der Waals surface area contributed by atoms with Crippen LogP contribution in [0.1, 0.15) is 10.4 Å². The van der Waals surface area contributed by atoms with Crippen LogP contribution in [-0.2, 0) is 0 Å². The molecule has 3 rings (SSSR count). The van der Waals surface area contributed by atoms with Crippen LogP contribution in [0.2, 0.25) is 0 Å². The number of carbonyl (C=O) groups excluding carboxylic acids is 1. The predicted molar refractivity (Wildman–Crippen MR) is 84.2 cm³/mol. The maximum absolute atomic E-state index is 12.0. The van der Waals surface area contributed by atoms with Crippen molar-refractivity contribution in [3.63, 3.8) is 0 Å². The maximum atomic E-state index is 12.0. The summed E-state index contributed by atoms with van der Waals surface area (Å²) in [5, 5.41) is 11.7. The summed E-state index contributed by atoms with van der Waals surface area (Å²) in [5.41, 5.74) is 0.153. The van der Waals surface area contributed by atoms with E-state index in [4.69, 9.17) is 4.74 Å². The quantitative estimate of drug-likeness (QED) is 0.448. The van der Waals surface area contributed by atoms with E-state index in [1.54, 1.807) is 24.3 Å². The van der Waals surface area contributed by atoms with Crippen molar-refractivity contribution in [3.05, 3.63) is 72.3 Å². The number of aromatic hydroxyl groups is 1. The number of phenols is 1. The first kappa shape index (κ1) is 15.6. The molecule has 3 aromatic rings. The van der Waals surface area contributed by atoms with E-state index in [0.29, 0.717) is 5.75 Å². The van der Waals surface area contributed by atoms with Crippen LogP contribution in [0.15, 0.2) is 66.7 Å². The number of rotatable bonds is 2. The molecular weight excluding hydrogens is 275 g/mol. The first-order chi connectivity index (χ1) is 9.74. The molecule has 100 valence electrons. The Hall–Kier alpha value is -1.81. The number of benzene rings is 3. The molecule has 4 heteroatoms. The Bertz CT molecular complexity index is 784. The summed E-state index contributed by atoms with van der Waals surface area (Å²) in [4.78, 5) is 12.0. The van der Waals surface area contributed by atoms with Crippen molar-refractivity contribution in [1.82, 2.24) is 0 Å². The minimum atomic E-state index is -0.571. The summed E-state index contributed by atoms with van der Waals surface area (Å²) in [5.74, 6) is -0.200. The second kappa shape index (κ2) is 6.76. The Morgan fingerprint density at radius 1 is 0.857 bits per heavy atom. The van der Waals surface area contributed by atoms with Gasteiger partial charge in [-0.25, -0.2) is 4.79 Å². The zero-order valence-corrected chi connectivity index (χ0v) is 10.6. The van der Waals surface area contributed by atoms with Crippen LogP contribution in [0.3, 0.4) is 0 Å². The number of para-hydroxylation sites is 1. The van der Waals surface area contributed by atoms with Crippen LogP contribution in [0.5, 0.6) is 11.5 Å². The van der Waals surface area contributed by atoms with Gasteiger partial charge in [-0.3, -0.25) is 0 Å². The third kappa shape index (κ3) is 3.45. The molecule has 0 unspecified atom stereocenters. The van der Waals surface area contributed by atoms with E-state index in [2.05, 4.69) is 0 Å². The number of carbonyl (C=O) groups is 1. The van der Waals surface area contributed by atoms with Crippen LogP contribution in [0.4, 0.5) is 0 Å². The SMILES string of the molecule is O=C(Oc1ccc2ccccc2c1)c1ccccc1O.[NaH]. The van der Waals surface area contributed by atoms with Crippen molar-refractivity contribution in [3.8, 4) is 11.5 Å². The normalized spacial score (nSPS) is 9.90. The molecule has 0 radical (unpaired) electrons. The second-order valence-electron chi connectivity index (χ2n) is 4.42. The monoisotopic (exact) mass is 288 g/mol. The predicted octanol–water partition coefficient (Wildman–Crippen LogP) is 3.12. The van der Waals surface area contributed by atoms with E-state index in [-0.39, 0.29) is 40.9 Å². The molecule has 0 aliphatic heterocycles. The summed E-state index contributed by atoms with van der Waals surface area (Å²) in [6.07, 6.45) is 0. The fraction of sp³-hybridized carbons (Fsp3) is 0. The van der Waals surface area contributed by atoms with Crippen LogP contribution < -0.4 is 4.74 Å². The first-order valence-electron chi connectivity index (χ1n) is 6.23. The van der Waals surface area contributed by atoms with Gasteiger partial charge in [-0.15, -0.1) is 0 Å². The minimum absolute atomic E-state index is 0. The zero-order chi connectivity index (χ0) is 13.9. The Morgan fingerprint density at radius 3 is 2.29 bits per heavy atom. The summed E-state index contributed by atoms with van der Waals surface area (Å²) in [7, 11) is 0. The van der Waals surface area contributed by atoms with Crippen molar-refractivity contribution in [1.29, 1.82) is 0 Å². The number of phenolic OH excluding ortho intramolecular Hbond substituents is 1. The molecule has 0 amide bonds. The van der Waals surface area contributed by atoms with Gasteiger partial charge in [0.1, 0.15) is 17.1 Å². The van der Waals surface area contributed by atoms with Crippen molar-refractivity contribution >= 4 is 46.3 Å². The summed E-state index contributed by atoms with van der Waals surface area (Å²) in [6, 6.07) is 19.6. The van der Waals surface area contributed by atoms with Gasteiger partial charge in [0.2, 0.25) is 0 Å². The summed E-state index contributed by atoms with van der Waals surface area (Å²) in [6.45, 7) is 0. The third-order valence-electron chi connectivity index (χ3n) is 3.06. The molecular formula is C17H13NaO3. The van der Waals surface area contributed by atoms with Gasteiger partial charge in [-0.1, -0.05) is 42.5 Å². The van der Waals surface area contributed by atoms with Gasteiger partial charge in [0.05, 0.1) is 0 Å². The van der Waals surface area contributed by atoms with Crippen molar-refractivity contribution < 1.29 is 14.6 Å². The van der Waals surface area contributed by atoms with Gasteiger partial charge in [-0.2, -0.15) is 0 Å². The van der Waals surface area contributed by atoms with Gasteiger partial charge < -0.3 is 9.84 Å². The van der Waals surface area contributed by atoms with E-state index in [1.165, 1.54) is 12.1 Å². The van der Waals surface area contributed by atoms with E-state index in [1.807, 2.05) is 30.3 Å². The van der Waals surface area contributed by atoms with Gasteiger partial charge in [0.25, 0.3) is 0 Å². The molecule has 0 fully saturated rings. The molecule has 0 saturated heterocycles. The summed E-state index contributed by atoms with van der Waals surface area (Å²) < 4.78 is 5.29. The molecule has 1 N–H and O–H groups in total. The Balaban J connectivity index is 0.00000161. The third-order valence-corrected chi connectivity index (χ3v) is 3.06. The second-order valence-corrected chi connectivity index (χ2v) is 4.42. The average Bonchev–Trinajstić information content (AvgIpc) is 2.47. The summed E-state index contributed by atoms with van der Waals surface area (Å²) >= 11 is 0. The van der Waals surface area contributed by atoms with E-state index < -0.39 is 5.97 Å². The van der Waals surface area contributed by atoms with E-state index in [9.17, 15) is 9.90 Å². The van der Waals surface area contributed by atoms with E-state index in [0.717, 1.165) is 10.8 Å². The Morgan fingerprint density at radius 2 is 1.52 bits per heavy atom. The number of fused-ring (bicyclic) bond motifs is 1. The molecule has 0 bridgehead atoms. The number of hydrogen-bond acceptors (Lipinski definition) is 3. The number of hydrogen-bond donors (Lipinski definition) is 1. The number of esters is 1. The Labute approximate surface area is 144 Å². The molecule has 0 heterocycles.